The molecule has 0 saturated heterocycles. The molecule has 0 unspecified atom stereocenters. The summed E-state index contributed by atoms with van der Waals surface area (Å²) in [6.45, 7) is 0. The van der Waals surface area contributed by atoms with Crippen molar-refractivity contribution in [1.29, 1.82) is 0 Å². The quantitative estimate of drug-likeness (QED) is 0.193. The Morgan fingerprint density at radius 2 is 0.829 bits per heavy atom. The van der Waals surface area contributed by atoms with Gasteiger partial charge in [0, 0.05) is 20.2 Å². The lowest BCUT2D eigenvalue weighted by molar-refractivity contribution is 1.69. The molecule has 0 radical (unpaired) electrons. The number of fused-ring (bicyclic) bond motifs is 8. The van der Waals surface area contributed by atoms with E-state index < -0.39 is 0 Å². The highest BCUT2D eigenvalue weighted by Crippen LogP contribution is 2.46. The van der Waals surface area contributed by atoms with E-state index in [2.05, 4.69) is 146 Å². The lowest BCUT2D eigenvalue weighted by atomic mass is 9.85. The van der Waals surface area contributed by atoms with E-state index in [9.17, 15) is 0 Å². The van der Waals surface area contributed by atoms with E-state index in [1.807, 2.05) is 11.3 Å². The van der Waals surface area contributed by atoms with Crippen LogP contribution in [0.2, 0.25) is 0 Å². The van der Waals surface area contributed by atoms with Gasteiger partial charge in [0.2, 0.25) is 0 Å². The monoisotopic (exact) mass is 536 g/mol. The number of hydrogen-bond acceptors (Lipinski definition) is 1. The molecule has 1 heterocycles. The van der Waals surface area contributed by atoms with E-state index in [0.717, 1.165) is 0 Å². The second-order valence-electron chi connectivity index (χ2n) is 10.9. The fourth-order valence-electron chi connectivity index (χ4n) is 6.80. The Labute approximate surface area is 241 Å². The van der Waals surface area contributed by atoms with Crippen LogP contribution in [0.15, 0.2) is 146 Å². The third-order valence-corrected chi connectivity index (χ3v) is 9.74. The summed E-state index contributed by atoms with van der Waals surface area (Å²) in [6, 6.07) is 53.7. The smallest absolute Gasteiger partial charge is 0.0361 e. The summed E-state index contributed by atoms with van der Waals surface area (Å²) >= 11 is 1.90. The van der Waals surface area contributed by atoms with Gasteiger partial charge in [-0.25, -0.2) is 0 Å². The van der Waals surface area contributed by atoms with Crippen LogP contribution in [-0.4, -0.2) is 0 Å². The van der Waals surface area contributed by atoms with Crippen LogP contribution in [-0.2, 0) is 0 Å². The van der Waals surface area contributed by atoms with Crippen molar-refractivity contribution in [3.63, 3.8) is 0 Å². The predicted molar refractivity (Wildman–Crippen MR) is 180 cm³/mol. The standard InChI is InChI=1S/C40H24S/c1-2-11-27-23-28(18-17-25(27)9-1)38-31-13-5-7-15-33(31)39(34-16-8-6-14-32(34)38)29-19-21-35-37(24-29)41-36-22-20-26-10-3-4-12-30(26)40(35)36/h1-24H. The van der Waals surface area contributed by atoms with Crippen LogP contribution in [0.4, 0.5) is 0 Å². The van der Waals surface area contributed by atoms with Crippen LogP contribution in [0.1, 0.15) is 0 Å². The molecular weight excluding hydrogens is 513 g/mol. The largest absolute Gasteiger partial charge is 0.135 e. The van der Waals surface area contributed by atoms with Crippen LogP contribution in [0.25, 0.3) is 85.5 Å². The van der Waals surface area contributed by atoms with Crippen molar-refractivity contribution in [2.45, 2.75) is 0 Å². The van der Waals surface area contributed by atoms with Crippen LogP contribution in [0, 0.1) is 0 Å². The highest BCUT2D eigenvalue weighted by atomic mass is 32.1. The Kier molecular flexibility index (Phi) is 4.87. The molecule has 0 saturated carbocycles. The number of thiophene rings is 1. The van der Waals surface area contributed by atoms with Gasteiger partial charge in [-0.3, -0.25) is 0 Å². The first-order chi connectivity index (χ1) is 20.3. The zero-order valence-corrected chi connectivity index (χ0v) is 23.1. The molecule has 1 aromatic heterocycles. The van der Waals surface area contributed by atoms with Gasteiger partial charge in [-0.05, 0) is 83.5 Å². The van der Waals surface area contributed by atoms with Gasteiger partial charge >= 0.3 is 0 Å². The summed E-state index contributed by atoms with van der Waals surface area (Å²) in [5, 5.41) is 13.0. The van der Waals surface area contributed by atoms with E-state index >= 15 is 0 Å². The molecule has 41 heavy (non-hydrogen) atoms. The van der Waals surface area contributed by atoms with Crippen molar-refractivity contribution in [2.24, 2.45) is 0 Å². The lowest BCUT2D eigenvalue weighted by Crippen LogP contribution is -1.90. The third-order valence-electron chi connectivity index (χ3n) is 8.62. The average molecular weight is 537 g/mol. The second kappa shape index (κ2) is 8.76. The molecule has 1 heteroatoms. The SMILES string of the molecule is c1ccc2cc(-c3c4ccccc4c(-c4ccc5c(c4)sc4ccc6ccccc6c45)c4ccccc34)ccc2c1. The Balaban J connectivity index is 1.35. The Morgan fingerprint density at radius 3 is 1.51 bits per heavy atom. The van der Waals surface area contributed by atoms with Crippen molar-refractivity contribution in [3.05, 3.63) is 146 Å². The van der Waals surface area contributed by atoms with E-state index in [4.69, 9.17) is 0 Å². The van der Waals surface area contributed by atoms with Crippen LogP contribution < -0.4 is 0 Å². The molecule has 0 amide bonds. The molecule has 9 rings (SSSR count). The maximum Gasteiger partial charge on any atom is 0.0361 e. The van der Waals surface area contributed by atoms with Gasteiger partial charge in [0.25, 0.3) is 0 Å². The van der Waals surface area contributed by atoms with E-state index in [1.165, 1.54) is 85.5 Å². The first kappa shape index (κ1) is 22.8. The molecule has 0 nitrogen and oxygen atoms in total. The van der Waals surface area contributed by atoms with Crippen molar-refractivity contribution < 1.29 is 0 Å². The maximum atomic E-state index is 2.42. The average Bonchev–Trinajstić information content (AvgIpc) is 3.42. The number of rotatable bonds is 2. The molecule has 0 fully saturated rings. The number of benzene rings is 8. The van der Waals surface area contributed by atoms with Gasteiger partial charge in [0.15, 0.2) is 0 Å². The fraction of sp³-hybridized carbons (Fsp3) is 0. The summed E-state index contributed by atoms with van der Waals surface area (Å²) in [4.78, 5) is 0. The van der Waals surface area contributed by atoms with Gasteiger partial charge in [0.05, 0.1) is 0 Å². The van der Waals surface area contributed by atoms with Gasteiger partial charge < -0.3 is 0 Å². The zero-order valence-electron chi connectivity index (χ0n) is 22.3. The lowest BCUT2D eigenvalue weighted by Gasteiger charge is -2.18. The highest BCUT2D eigenvalue weighted by molar-refractivity contribution is 7.26. The zero-order chi connectivity index (χ0) is 26.9. The molecule has 0 bridgehead atoms. The summed E-state index contributed by atoms with van der Waals surface area (Å²) in [7, 11) is 0. The van der Waals surface area contributed by atoms with Gasteiger partial charge in [-0.15, -0.1) is 11.3 Å². The molecule has 0 aliphatic carbocycles. The fourth-order valence-corrected chi connectivity index (χ4v) is 7.96. The Morgan fingerprint density at radius 1 is 0.317 bits per heavy atom. The molecule has 0 aliphatic heterocycles. The summed E-state index contributed by atoms with van der Waals surface area (Å²) in [5.41, 5.74) is 5.14. The molecule has 8 aromatic carbocycles. The van der Waals surface area contributed by atoms with E-state index in [-0.39, 0.29) is 0 Å². The molecule has 0 spiro atoms. The Hall–Kier alpha value is -4.98. The molecule has 0 aliphatic rings. The Bertz CT molecular complexity index is 2420. The minimum Gasteiger partial charge on any atom is -0.135 e. The van der Waals surface area contributed by atoms with Crippen LogP contribution in [0.5, 0.6) is 0 Å². The van der Waals surface area contributed by atoms with Crippen molar-refractivity contribution in [3.8, 4) is 22.3 Å². The van der Waals surface area contributed by atoms with Crippen molar-refractivity contribution >= 4 is 74.6 Å². The molecule has 0 N–H and O–H groups in total. The van der Waals surface area contributed by atoms with Crippen LogP contribution >= 0.6 is 11.3 Å². The summed E-state index contributed by atoms with van der Waals surface area (Å²) < 4.78 is 2.68. The second-order valence-corrected chi connectivity index (χ2v) is 12.0. The van der Waals surface area contributed by atoms with Gasteiger partial charge in [-0.2, -0.15) is 0 Å². The molecule has 0 atom stereocenters. The highest BCUT2D eigenvalue weighted by Gasteiger charge is 2.18. The minimum atomic E-state index is 1.26. The first-order valence-electron chi connectivity index (χ1n) is 14.1. The first-order valence-corrected chi connectivity index (χ1v) is 14.9. The van der Waals surface area contributed by atoms with Crippen molar-refractivity contribution in [2.75, 3.05) is 0 Å². The maximum absolute atomic E-state index is 2.42. The van der Waals surface area contributed by atoms with E-state index in [0.29, 0.717) is 0 Å². The third kappa shape index (κ3) is 3.40. The molecular formula is C40H24S. The summed E-state index contributed by atoms with van der Waals surface area (Å²) in [6.07, 6.45) is 0. The van der Waals surface area contributed by atoms with Gasteiger partial charge in [-0.1, -0.05) is 127 Å². The van der Waals surface area contributed by atoms with Crippen LogP contribution in [0.3, 0.4) is 0 Å². The molecule has 190 valence electrons. The van der Waals surface area contributed by atoms with Crippen molar-refractivity contribution in [1.82, 2.24) is 0 Å². The molecule has 9 aromatic rings. The normalized spacial score (nSPS) is 11.9. The predicted octanol–water partition coefficient (Wildman–Crippen LogP) is 12.0. The number of hydrogen-bond donors (Lipinski definition) is 0. The summed E-state index contributed by atoms with van der Waals surface area (Å²) in [5.74, 6) is 0. The van der Waals surface area contributed by atoms with Gasteiger partial charge in [0.1, 0.15) is 0 Å². The van der Waals surface area contributed by atoms with E-state index in [1.54, 1.807) is 0 Å². The minimum absolute atomic E-state index is 1.26. The topological polar surface area (TPSA) is 0 Å².